The molecule has 0 aliphatic heterocycles. The Balaban J connectivity index is 2.14. The largest absolute Gasteiger partial charge is 0.352 e. The second-order valence-corrected chi connectivity index (χ2v) is 4.32. The van der Waals surface area contributed by atoms with Crippen LogP contribution in [0, 0.1) is 5.82 Å². The van der Waals surface area contributed by atoms with Gasteiger partial charge in [-0.3, -0.25) is 9.78 Å². The van der Waals surface area contributed by atoms with Crippen LogP contribution in [-0.4, -0.2) is 17.4 Å². The van der Waals surface area contributed by atoms with Gasteiger partial charge in [0.25, 0.3) is 5.91 Å². The minimum absolute atomic E-state index is 0.184. The van der Waals surface area contributed by atoms with Crippen molar-refractivity contribution in [2.75, 3.05) is 11.9 Å². The van der Waals surface area contributed by atoms with Gasteiger partial charge >= 0.3 is 0 Å². The summed E-state index contributed by atoms with van der Waals surface area (Å²) >= 11 is 0. The summed E-state index contributed by atoms with van der Waals surface area (Å²) in [4.78, 5) is 15.8. The minimum atomic E-state index is -0.353. The van der Waals surface area contributed by atoms with Gasteiger partial charge in [-0.2, -0.15) is 0 Å². The molecule has 0 atom stereocenters. The van der Waals surface area contributed by atoms with Crippen LogP contribution in [-0.2, 0) is 0 Å². The van der Waals surface area contributed by atoms with Crippen molar-refractivity contribution in [2.24, 2.45) is 0 Å². The van der Waals surface area contributed by atoms with Gasteiger partial charge in [-0.15, -0.1) is 0 Å². The average molecular weight is 273 g/mol. The van der Waals surface area contributed by atoms with Gasteiger partial charge in [0.15, 0.2) is 0 Å². The Labute approximate surface area is 117 Å². The standard InChI is InChI=1S/C15H16FN3O/c1-2-7-18-15(20)11-8-12(10-17-9-11)19-14-6-4-3-5-13(14)16/h3-6,8-10,19H,2,7H2,1H3,(H,18,20). The van der Waals surface area contributed by atoms with Crippen LogP contribution in [0.3, 0.4) is 0 Å². The van der Waals surface area contributed by atoms with E-state index in [0.29, 0.717) is 23.5 Å². The van der Waals surface area contributed by atoms with E-state index in [1.807, 2.05) is 6.92 Å². The van der Waals surface area contributed by atoms with Gasteiger partial charge in [0.05, 0.1) is 23.1 Å². The van der Waals surface area contributed by atoms with Crippen molar-refractivity contribution in [1.82, 2.24) is 10.3 Å². The molecule has 2 aromatic rings. The van der Waals surface area contributed by atoms with Crippen LogP contribution < -0.4 is 10.6 Å². The number of halogens is 1. The highest BCUT2D eigenvalue weighted by Crippen LogP contribution is 2.19. The average Bonchev–Trinajstić information content (AvgIpc) is 2.47. The quantitative estimate of drug-likeness (QED) is 0.880. The van der Waals surface area contributed by atoms with Crippen molar-refractivity contribution in [3.63, 3.8) is 0 Å². The molecule has 1 aromatic carbocycles. The molecule has 1 aromatic heterocycles. The van der Waals surface area contributed by atoms with Crippen LogP contribution in [0.25, 0.3) is 0 Å². The van der Waals surface area contributed by atoms with E-state index in [9.17, 15) is 9.18 Å². The van der Waals surface area contributed by atoms with E-state index < -0.39 is 0 Å². The fourth-order valence-corrected chi connectivity index (χ4v) is 1.69. The summed E-state index contributed by atoms with van der Waals surface area (Å²) in [5.74, 6) is -0.537. The van der Waals surface area contributed by atoms with Crippen molar-refractivity contribution in [3.8, 4) is 0 Å². The normalized spacial score (nSPS) is 10.1. The van der Waals surface area contributed by atoms with Crippen molar-refractivity contribution in [3.05, 3.63) is 54.1 Å². The minimum Gasteiger partial charge on any atom is -0.352 e. The zero-order valence-electron chi connectivity index (χ0n) is 11.2. The van der Waals surface area contributed by atoms with Crippen LogP contribution >= 0.6 is 0 Å². The molecule has 0 saturated carbocycles. The number of rotatable bonds is 5. The number of nitrogens with one attached hydrogen (secondary N) is 2. The zero-order chi connectivity index (χ0) is 14.4. The number of carbonyl (C=O) groups is 1. The highest BCUT2D eigenvalue weighted by atomic mass is 19.1. The second-order valence-electron chi connectivity index (χ2n) is 4.32. The molecule has 2 N–H and O–H groups in total. The zero-order valence-corrected chi connectivity index (χ0v) is 11.2. The number of hydrogen-bond donors (Lipinski definition) is 2. The third-order valence-corrected chi connectivity index (χ3v) is 2.69. The molecule has 0 unspecified atom stereocenters. The lowest BCUT2D eigenvalue weighted by Crippen LogP contribution is -2.24. The van der Waals surface area contributed by atoms with E-state index in [1.54, 1.807) is 30.5 Å². The number of nitrogens with zero attached hydrogens (tertiary/aromatic N) is 1. The molecule has 1 heterocycles. The van der Waals surface area contributed by atoms with Crippen molar-refractivity contribution >= 4 is 17.3 Å². The predicted octanol–water partition coefficient (Wildman–Crippen LogP) is 3.10. The van der Waals surface area contributed by atoms with Gasteiger partial charge in [0, 0.05) is 12.7 Å². The fraction of sp³-hybridized carbons (Fsp3) is 0.200. The van der Waals surface area contributed by atoms with Gasteiger partial charge in [-0.25, -0.2) is 4.39 Å². The number of benzene rings is 1. The van der Waals surface area contributed by atoms with Crippen LogP contribution in [0.4, 0.5) is 15.8 Å². The number of amides is 1. The van der Waals surface area contributed by atoms with Crippen LogP contribution in [0.5, 0.6) is 0 Å². The molecule has 0 saturated heterocycles. The van der Waals surface area contributed by atoms with Crippen molar-refractivity contribution in [2.45, 2.75) is 13.3 Å². The number of carbonyl (C=O) groups excluding carboxylic acids is 1. The first-order chi connectivity index (χ1) is 9.70. The smallest absolute Gasteiger partial charge is 0.252 e. The number of para-hydroxylation sites is 1. The van der Waals surface area contributed by atoms with E-state index >= 15 is 0 Å². The van der Waals surface area contributed by atoms with Crippen LogP contribution in [0.15, 0.2) is 42.7 Å². The molecule has 0 aliphatic carbocycles. The summed E-state index contributed by atoms with van der Waals surface area (Å²) in [6, 6.07) is 7.99. The number of aromatic nitrogens is 1. The first kappa shape index (κ1) is 14.0. The molecule has 20 heavy (non-hydrogen) atoms. The number of anilines is 2. The Hall–Kier alpha value is -2.43. The molecule has 1 amide bonds. The van der Waals surface area contributed by atoms with E-state index in [2.05, 4.69) is 15.6 Å². The van der Waals surface area contributed by atoms with Crippen LogP contribution in [0.1, 0.15) is 23.7 Å². The Morgan fingerprint density at radius 2 is 2.10 bits per heavy atom. The Kier molecular flexibility index (Phi) is 4.65. The Morgan fingerprint density at radius 1 is 1.30 bits per heavy atom. The summed E-state index contributed by atoms with van der Waals surface area (Å²) in [7, 11) is 0. The lowest BCUT2D eigenvalue weighted by molar-refractivity contribution is 0.0953. The molecule has 0 fully saturated rings. The molecule has 2 rings (SSSR count). The van der Waals surface area contributed by atoms with Gasteiger partial charge in [0.1, 0.15) is 5.82 Å². The molecule has 0 radical (unpaired) electrons. The maximum absolute atomic E-state index is 13.5. The van der Waals surface area contributed by atoms with Crippen LogP contribution in [0.2, 0.25) is 0 Å². The maximum Gasteiger partial charge on any atom is 0.252 e. The Morgan fingerprint density at radius 3 is 2.85 bits per heavy atom. The van der Waals surface area contributed by atoms with Crippen molar-refractivity contribution < 1.29 is 9.18 Å². The monoisotopic (exact) mass is 273 g/mol. The summed E-state index contributed by atoms with van der Waals surface area (Å²) < 4.78 is 13.5. The number of hydrogen-bond acceptors (Lipinski definition) is 3. The molecular weight excluding hydrogens is 257 g/mol. The summed E-state index contributed by atoms with van der Waals surface area (Å²) in [5, 5.41) is 5.68. The fourth-order valence-electron chi connectivity index (χ4n) is 1.69. The molecule has 4 nitrogen and oxygen atoms in total. The second kappa shape index (κ2) is 6.65. The molecule has 5 heteroatoms. The van der Waals surface area contributed by atoms with Gasteiger partial charge in [-0.05, 0) is 24.6 Å². The first-order valence-electron chi connectivity index (χ1n) is 6.45. The molecular formula is C15H16FN3O. The lowest BCUT2D eigenvalue weighted by atomic mass is 10.2. The molecule has 104 valence electrons. The SMILES string of the molecule is CCCNC(=O)c1cncc(Nc2ccccc2F)c1. The van der Waals surface area contributed by atoms with Crippen molar-refractivity contribution in [1.29, 1.82) is 0 Å². The highest BCUT2D eigenvalue weighted by Gasteiger charge is 2.07. The maximum atomic E-state index is 13.5. The van der Waals surface area contributed by atoms with Gasteiger partial charge < -0.3 is 10.6 Å². The van der Waals surface area contributed by atoms with E-state index in [0.717, 1.165) is 6.42 Å². The topological polar surface area (TPSA) is 54.0 Å². The summed E-state index contributed by atoms with van der Waals surface area (Å²) in [6.07, 6.45) is 3.90. The third kappa shape index (κ3) is 3.54. The third-order valence-electron chi connectivity index (χ3n) is 2.69. The van der Waals surface area contributed by atoms with Gasteiger partial charge in [-0.1, -0.05) is 19.1 Å². The summed E-state index contributed by atoms with van der Waals surface area (Å²) in [5.41, 5.74) is 1.36. The predicted molar refractivity (Wildman–Crippen MR) is 76.5 cm³/mol. The number of pyridine rings is 1. The molecule has 0 spiro atoms. The molecule has 0 aliphatic rings. The molecule has 0 bridgehead atoms. The lowest BCUT2D eigenvalue weighted by Gasteiger charge is -2.08. The van der Waals surface area contributed by atoms with Gasteiger partial charge in [0.2, 0.25) is 0 Å². The Bertz CT molecular complexity index is 601. The van der Waals surface area contributed by atoms with E-state index in [-0.39, 0.29) is 11.7 Å². The first-order valence-corrected chi connectivity index (χ1v) is 6.45. The highest BCUT2D eigenvalue weighted by molar-refractivity contribution is 5.94. The van der Waals surface area contributed by atoms with E-state index in [1.165, 1.54) is 12.3 Å². The van der Waals surface area contributed by atoms with E-state index in [4.69, 9.17) is 0 Å². The summed E-state index contributed by atoms with van der Waals surface area (Å²) in [6.45, 7) is 2.60.